The van der Waals surface area contributed by atoms with Gasteiger partial charge in [-0.1, -0.05) is 27.2 Å². The normalized spacial score (nSPS) is 51.2. The second-order valence-corrected chi connectivity index (χ2v) is 13.2. The second-order valence-electron chi connectivity index (χ2n) is 13.2. The fraction of sp³-hybridized carbons (Fsp3) is 1.00. The molecule has 5 aliphatic carbocycles. The summed E-state index contributed by atoms with van der Waals surface area (Å²) in [6.45, 7) is 7.01. The molecule has 0 aromatic heterocycles. The standard InChI is InChI=1S/C27H43F3O2/c1-16(23(31)17-5-4-6-17)20-9-10-21-19-8-7-18-15-26(32,27(28,29)30)14-13-24(18,2)22(19)11-12-25(20,21)3/h16-23,31-32H,4-15H2,1-3H3/t16-,18+,19-,20+,21-,22-,23-,24-,25+,26+/m0/s1. The Morgan fingerprint density at radius 2 is 1.53 bits per heavy atom. The maximum absolute atomic E-state index is 13.6. The average molecular weight is 457 g/mol. The summed E-state index contributed by atoms with van der Waals surface area (Å²) >= 11 is 0. The third-order valence-electron chi connectivity index (χ3n) is 12.1. The monoisotopic (exact) mass is 456 g/mol. The predicted molar refractivity (Wildman–Crippen MR) is 119 cm³/mol. The molecule has 0 saturated heterocycles. The van der Waals surface area contributed by atoms with Gasteiger partial charge in [0.05, 0.1) is 6.10 Å². The van der Waals surface area contributed by atoms with Gasteiger partial charge in [-0.25, -0.2) is 0 Å². The smallest absolute Gasteiger partial charge is 0.393 e. The lowest BCUT2D eigenvalue weighted by Crippen LogP contribution is -2.59. The molecular formula is C27H43F3O2. The first kappa shape index (κ1) is 23.5. The van der Waals surface area contributed by atoms with E-state index in [2.05, 4.69) is 20.8 Å². The number of fused-ring (bicyclic) bond motifs is 5. The van der Waals surface area contributed by atoms with E-state index in [4.69, 9.17) is 0 Å². The van der Waals surface area contributed by atoms with Crippen LogP contribution in [-0.2, 0) is 0 Å². The average Bonchev–Trinajstić information content (AvgIpc) is 3.03. The maximum Gasteiger partial charge on any atom is 0.417 e. The molecule has 2 nitrogen and oxygen atoms in total. The molecule has 10 atom stereocenters. The molecule has 5 fully saturated rings. The van der Waals surface area contributed by atoms with E-state index in [-0.39, 0.29) is 35.7 Å². The molecule has 0 unspecified atom stereocenters. The first-order valence-electron chi connectivity index (χ1n) is 13.4. The third kappa shape index (κ3) is 3.26. The lowest BCUT2D eigenvalue weighted by molar-refractivity contribution is -0.290. The van der Waals surface area contributed by atoms with E-state index in [0.29, 0.717) is 41.9 Å². The van der Waals surface area contributed by atoms with Crippen molar-refractivity contribution in [1.82, 2.24) is 0 Å². The van der Waals surface area contributed by atoms with Crippen molar-refractivity contribution in [3.63, 3.8) is 0 Å². The van der Waals surface area contributed by atoms with E-state index < -0.39 is 11.8 Å². The Hall–Kier alpha value is -0.290. The van der Waals surface area contributed by atoms with Gasteiger partial charge in [-0.3, -0.25) is 0 Å². The summed E-state index contributed by atoms with van der Waals surface area (Å²) in [6.07, 6.45) is 5.69. The van der Waals surface area contributed by atoms with Crippen LogP contribution in [0.5, 0.6) is 0 Å². The fourth-order valence-electron chi connectivity index (χ4n) is 9.86. The van der Waals surface area contributed by atoms with Crippen molar-refractivity contribution in [2.45, 2.75) is 116 Å². The van der Waals surface area contributed by atoms with Crippen molar-refractivity contribution in [3.05, 3.63) is 0 Å². The van der Waals surface area contributed by atoms with Crippen molar-refractivity contribution < 1.29 is 23.4 Å². The Kier molecular flexibility index (Phi) is 5.57. The molecular weight excluding hydrogens is 413 g/mol. The van der Waals surface area contributed by atoms with Crippen molar-refractivity contribution >= 4 is 0 Å². The molecule has 0 aromatic rings. The van der Waals surface area contributed by atoms with Crippen LogP contribution in [0.1, 0.15) is 97.8 Å². The lowest BCUT2D eigenvalue weighted by Gasteiger charge is -2.62. The fourth-order valence-corrected chi connectivity index (χ4v) is 9.86. The van der Waals surface area contributed by atoms with Crippen LogP contribution in [0.4, 0.5) is 13.2 Å². The lowest BCUT2D eigenvalue weighted by atomic mass is 9.43. The highest BCUT2D eigenvalue weighted by molar-refractivity contribution is 5.12. The number of hydrogen-bond acceptors (Lipinski definition) is 2. The molecule has 0 amide bonds. The topological polar surface area (TPSA) is 40.5 Å². The van der Waals surface area contributed by atoms with Gasteiger partial charge in [-0.05, 0) is 123 Å². The van der Waals surface area contributed by atoms with Crippen LogP contribution in [0.3, 0.4) is 0 Å². The first-order chi connectivity index (χ1) is 14.9. The predicted octanol–water partition coefficient (Wildman–Crippen LogP) is 6.74. The summed E-state index contributed by atoms with van der Waals surface area (Å²) in [5.74, 6) is 3.11. The SMILES string of the molecule is C[C@H]([C@H](O)C1CCC1)[C@H]1CC[C@H]2[C@@H]3CC[C@@H]4C[C@@](O)(C(F)(F)F)CC[C@]4(C)[C@H]3CC[C@]12C. The van der Waals surface area contributed by atoms with Crippen molar-refractivity contribution in [2.24, 2.45) is 52.3 Å². The van der Waals surface area contributed by atoms with Crippen molar-refractivity contribution in [3.8, 4) is 0 Å². The maximum atomic E-state index is 13.6. The van der Waals surface area contributed by atoms with E-state index in [1.165, 1.54) is 32.1 Å². The van der Waals surface area contributed by atoms with Gasteiger partial charge >= 0.3 is 6.18 Å². The van der Waals surface area contributed by atoms with E-state index >= 15 is 0 Å². The Balaban J connectivity index is 1.34. The summed E-state index contributed by atoms with van der Waals surface area (Å²) in [7, 11) is 0. The molecule has 2 N–H and O–H groups in total. The molecule has 0 radical (unpaired) electrons. The molecule has 5 aliphatic rings. The summed E-state index contributed by atoms with van der Waals surface area (Å²) in [6, 6.07) is 0. The van der Waals surface area contributed by atoms with Crippen LogP contribution < -0.4 is 0 Å². The minimum atomic E-state index is -4.52. The second kappa shape index (κ2) is 7.60. The highest BCUT2D eigenvalue weighted by Gasteiger charge is 2.65. The van der Waals surface area contributed by atoms with Gasteiger partial charge in [0.1, 0.15) is 0 Å². The first-order valence-corrected chi connectivity index (χ1v) is 13.4. The highest BCUT2D eigenvalue weighted by atomic mass is 19.4. The van der Waals surface area contributed by atoms with Gasteiger partial charge in [0.15, 0.2) is 5.60 Å². The summed E-state index contributed by atoms with van der Waals surface area (Å²) < 4.78 is 40.7. The van der Waals surface area contributed by atoms with E-state index in [1.807, 2.05) is 0 Å². The zero-order chi connectivity index (χ0) is 23.1. The van der Waals surface area contributed by atoms with Crippen molar-refractivity contribution in [1.29, 1.82) is 0 Å². The highest BCUT2D eigenvalue weighted by Crippen LogP contribution is 2.69. The number of aliphatic hydroxyl groups excluding tert-OH is 1. The third-order valence-corrected chi connectivity index (χ3v) is 12.1. The molecule has 0 bridgehead atoms. The van der Waals surface area contributed by atoms with Gasteiger partial charge in [0, 0.05) is 0 Å². The molecule has 184 valence electrons. The number of aliphatic hydroxyl groups is 2. The van der Waals surface area contributed by atoms with Crippen LogP contribution in [0, 0.1) is 52.3 Å². The Morgan fingerprint density at radius 3 is 2.16 bits per heavy atom. The molecule has 5 rings (SSSR count). The molecule has 5 saturated carbocycles. The van der Waals surface area contributed by atoms with Gasteiger partial charge in [0.2, 0.25) is 0 Å². The van der Waals surface area contributed by atoms with Crippen LogP contribution in [0.25, 0.3) is 0 Å². The van der Waals surface area contributed by atoms with Crippen LogP contribution in [0.15, 0.2) is 0 Å². The van der Waals surface area contributed by atoms with Gasteiger partial charge < -0.3 is 10.2 Å². The summed E-state index contributed by atoms with van der Waals surface area (Å²) in [4.78, 5) is 0. The quantitative estimate of drug-likeness (QED) is 0.494. The number of rotatable bonds is 3. The molecule has 5 heteroatoms. The largest absolute Gasteiger partial charge is 0.417 e. The van der Waals surface area contributed by atoms with E-state index in [0.717, 1.165) is 25.7 Å². The number of alkyl halides is 3. The van der Waals surface area contributed by atoms with Crippen molar-refractivity contribution in [2.75, 3.05) is 0 Å². The van der Waals surface area contributed by atoms with Crippen LogP contribution in [0.2, 0.25) is 0 Å². The molecule has 0 aliphatic heterocycles. The number of hydrogen-bond donors (Lipinski definition) is 2. The zero-order valence-electron chi connectivity index (χ0n) is 20.1. The molecule has 0 aromatic carbocycles. The zero-order valence-corrected chi connectivity index (χ0v) is 20.1. The van der Waals surface area contributed by atoms with Gasteiger partial charge in [-0.2, -0.15) is 13.2 Å². The Bertz CT molecular complexity index is 720. The summed E-state index contributed by atoms with van der Waals surface area (Å²) in [5.41, 5.74) is -2.30. The molecule has 0 heterocycles. The number of halogens is 3. The van der Waals surface area contributed by atoms with Crippen LogP contribution in [-0.4, -0.2) is 28.1 Å². The molecule has 32 heavy (non-hydrogen) atoms. The van der Waals surface area contributed by atoms with Gasteiger partial charge in [-0.15, -0.1) is 0 Å². The Morgan fingerprint density at radius 1 is 0.844 bits per heavy atom. The minimum Gasteiger partial charge on any atom is -0.393 e. The Labute approximate surface area is 191 Å². The molecule has 0 spiro atoms. The van der Waals surface area contributed by atoms with E-state index in [9.17, 15) is 23.4 Å². The van der Waals surface area contributed by atoms with Gasteiger partial charge in [0.25, 0.3) is 0 Å². The van der Waals surface area contributed by atoms with Crippen LogP contribution >= 0.6 is 0 Å². The minimum absolute atomic E-state index is 0.0231. The summed E-state index contributed by atoms with van der Waals surface area (Å²) in [5, 5.41) is 21.4. The van der Waals surface area contributed by atoms with E-state index in [1.54, 1.807) is 0 Å².